The number of hydrogen-bond donors (Lipinski definition) is 3. The smallest absolute Gasteiger partial charge is 0.317 e. The van der Waals surface area contributed by atoms with E-state index in [0.29, 0.717) is 0 Å². The summed E-state index contributed by atoms with van der Waals surface area (Å²) in [5.74, 6) is 0.782. The second-order valence-corrected chi connectivity index (χ2v) is 11.0. The molecule has 9 nitrogen and oxygen atoms in total. The summed E-state index contributed by atoms with van der Waals surface area (Å²) in [6.45, 7) is 3.39. The number of carbonyl (C=O) groups excluding carboxylic acids is 1. The van der Waals surface area contributed by atoms with Crippen LogP contribution in [0.4, 0.5) is 16.3 Å². The molecule has 0 radical (unpaired) electrons. The molecule has 1 fully saturated rings. The van der Waals surface area contributed by atoms with E-state index in [9.17, 15) is 9.59 Å². The quantitative estimate of drug-likeness (QED) is 0.403. The highest BCUT2D eigenvalue weighted by Crippen LogP contribution is 2.39. The van der Waals surface area contributed by atoms with Crippen molar-refractivity contribution in [2.24, 2.45) is 0 Å². The first-order chi connectivity index (χ1) is 16.5. The minimum atomic E-state index is -0.0576. The first-order valence-electron chi connectivity index (χ1n) is 11.4. The van der Waals surface area contributed by atoms with Gasteiger partial charge < -0.3 is 25.4 Å². The Balaban J connectivity index is 1.22. The van der Waals surface area contributed by atoms with Gasteiger partial charge in [-0.1, -0.05) is 11.3 Å². The number of piperazine rings is 1. The van der Waals surface area contributed by atoms with Gasteiger partial charge in [-0.05, 0) is 43.7 Å². The number of benzene rings is 1. The summed E-state index contributed by atoms with van der Waals surface area (Å²) in [4.78, 5) is 42.7. The van der Waals surface area contributed by atoms with Gasteiger partial charge in [0, 0.05) is 49.2 Å². The molecule has 1 saturated heterocycles. The molecule has 0 bridgehead atoms. The van der Waals surface area contributed by atoms with E-state index in [0.717, 1.165) is 77.4 Å². The summed E-state index contributed by atoms with van der Waals surface area (Å²) in [7, 11) is 2.09. The minimum absolute atomic E-state index is 0.0484. The van der Waals surface area contributed by atoms with Gasteiger partial charge in [-0.25, -0.2) is 14.8 Å². The van der Waals surface area contributed by atoms with E-state index in [1.165, 1.54) is 21.8 Å². The number of aromatic amines is 1. The van der Waals surface area contributed by atoms with Crippen LogP contribution < -0.4 is 15.5 Å². The van der Waals surface area contributed by atoms with Crippen LogP contribution in [0.5, 0.6) is 0 Å². The van der Waals surface area contributed by atoms with Crippen LogP contribution in [-0.2, 0) is 12.8 Å². The van der Waals surface area contributed by atoms with Crippen molar-refractivity contribution >= 4 is 60.6 Å². The summed E-state index contributed by atoms with van der Waals surface area (Å²) in [6, 6.07) is 6.00. The van der Waals surface area contributed by atoms with Crippen LogP contribution in [0.1, 0.15) is 16.9 Å². The number of carbonyl (C=O) groups is 1. The third-order valence-corrected chi connectivity index (χ3v) is 8.65. The van der Waals surface area contributed by atoms with Crippen molar-refractivity contribution in [1.29, 1.82) is 0 Å². The van der Waals surface area contributed by atoms with Crippen LogP contribution in [0.25, 0.3) is 20.4 Å². The molecular formula is C23H25N7O2S2. The standard InChI is InChI=1S/C23H25N7O2S2/c1-29-6-8-30(9-7-29)22(31)27-14-2-4-15-17(10-14)33-21-19(15)20(24-12-25-21)26-13-3-5-16-18(11-13)34-23(32)28-16/h3,5,11-12,14H,2,4,6-10H2,1H3,(H,27,31)(H,28,32)(H,24,25,26). The number of likely N-dealkylation sites (N-methyl/N-ethyl adjacent to an activating group) is 1. The Hall–Kier alpha value is -3.02. The Bertz CT molecular complexity index is 1430. The van der Waals surface area contributed by atoms with Gasteiger partial charge in [-0.3, -0.25) is 4.79 Å². The van der Waals surface area contributed by atoms with Crippen LogP contribution in [0.2, 0.25) is 0 Å². The van der Waals surface area contributed by atoms with Gasteiger partial charge in [0.25, 0.3) is 0 Å². The van der Waals surface area contributed by atoms with E-state index >= 15 is 0 Å². The van der Waals surface area contributed by atoms with E-state index in [2.05, 4.69) is 37.5 Å². The predicted molar refractivity (Wildman–Crippen MR) is 137 cm³/mol. The number of H-pyrrole nitrogens is 1. The fraction of sp³-hybridized carbons (Fsp3) is 0.391. The Kier molecular flexibility index (Phi) is 5.47. The number of fused-ring (bicyclic) bond motifs is 4. The maximum atomic E-state index is 12.8. The Morgan fingerprint density at radius 2 is 2.03 bits per heavy atom. The van der Waals surface area contributed by atoms with Crippen LogP contribution >= 0.6 is 22.7 Å². The van der Waals surface area contributed by atoms with E-state index in [-0.39, 0.29) is 16.9 Å². The monoisotopic (exact) mass is 495 g/mol. The van der Waals surface area contributed by atoms with Crippen molar-refractivity contribution in [2.75, 3.05) is 38.5 Å². The van der Waals surface area contributed by atoms with Gasteiger partial charge in [0.05, 0.1) is 15.6 Å². The molecule has 1 aliphatic carbocycles. The third kappa shape index (κ3) is 4.04. The molecule has 1 unspecified atom stereocenters. The number of aryl methyl sites for hydroxylation is 1. The van der Waals surface area contributed by atoms with Crippen LogP contribution in [0, 0.1) is 0 Å². The normalized spacial score (nSPS) is 18.9. The molecule has 1 atom stereocenters. The number of aromatic nitrogens is 3. The van der Waals surface area contributed by atoms with Gasteiger partial charge in [-0.15, -0.1) is 11.3 Å². The molecule has 0 spiro atoms. The Morgan fingerprint density at radius 1 is 1.18 bits per heavy atom. The number of amides is 2. The van der Waals surface area contributed by atoms with Crippen molar-refractivity contribution < 1.29 is 4.79 Å². The molecule has 2 aliphatic rings. The van der Waals surface area contributed by atoms with Gasteiger partial charge in [-0.2, -0.15) is 0 Å². The summed E-state index contributed by atoms with van der Waals surface area (Å²) in [6.07, 6.45) is 4.18. The molecule has 176 valence electrons. The highest BCUT2D eigenvalue weighted by atomic mass is 32.1. The zero-order valence-electron chi connectivity index (χ0n) is 18.8. The number of thiophene rings is 1. The van der Waals surface area contributed by atoms with Gasteiger partial charge in [0.1, 0.15) is 17.0 Å². The van der Waals surface area contributed by atoms with Gasteiger partial charge in [0.2, 0.25) is 0 Å². The fourth-order valence-electron chi connectivity index (χ4n) is 4.76. The number of anilines is 2. The van der Waals surface area contributed by atoms with Gasteiger partial charge >= 0.3 is 10.9 Å². The van der Waals surface area contributed by atoms with Crippen molar-refractivity contribution in [3.63, 3.8) is 0 Å². The van der Waals surface area contributed by atoms with Crippen molar-refractivity contribution in [3.8, 4) is 0 Å². The summed E-state index contributed by atoms with van der Waals surface area (Å²) in [5.41, 5.74) is 3.00. The number of nitrogens with one attached hydrogen (secondary N) is 3. The molecule has 2 amide bonds. The lowest BCUT2D eigenvalue weighted by atomic mass is 9.93. The fourth-order valence-corrected chi connectivity index (χ4v) is 6.81. The van der Waals surface area contributed by atoms with Crippen LogP contribution in [0.3, 0.4) is 0 Å². The van der Waals surface area contributed by atoms with Crippen molar-refractivity contribution in [3.05, 3.63) is 44.6 Å². The molecule has 6 rings (SSSR count). The summed E-state index contributed by atoms with van der Waals surface area (Å²) in [5, 5.41) is 7.76. The molecule has 3 aromatic heterocycles. The van der Waals surface area contributed by atoms with E-state index < -0.39 is 0 Å². The third-order valence-electron chi connectivity index (χ3n) is 6.65. The highest BCUT2D eigenvalue weighted by Gasteiger charge is 2.28. The summed E-state index contributed by atoms with van der Waals surface area (Å²) >= 11 is 2.89. The van der Waals surface area contributed by atoms with E-state index in [1.807, 2.05) is 23.1 Å². The molecule has 0 saturated carbocycles. The number of thiazole rings is 1. The average Bonchev–Trinajstić information content (AvgIpc) is 3.38. The van der Waals surface area contributed by atoms with E-state index in [4.69, 9.17) is 0 Å². The Labute approximate surface area is 203 Å². The SMILES string of the molecule is CN1CCN(C(=O)NC2CCc3c(sc4ncnc(Nc5ccc6[nH]c(=O)sc6c5)c34)C2)CC1. The van der Waals surface area contributed by atoms with Crippen LogP contribution in [0.15, 0.2) is 29.3 Å². The second-order valence-electron chi connectivity index (χ2n) is 8.94. The molecule has 34 heavy (non-hydrogen) atoms. The Morgan fingerprint density at radius 3 is 2.88 bits per heavy atom. The molecule has 4 aromatic rings. The maximum Gasteiger partial charge on any atom is 0.317 e. The molecule has 11 heteroatoms. The molecule has 1 aromatic carbocycles. The lowest BCUT2D eigenvalue weighted by molar-refractivity contribution is 0.151. The minimum Gasteiger partial charge on any atom is -0.340 e. The molecular weight excluding hydrogens is 470 g/mol. The first-order valence-corrected chi connectivity index (χ1v) is 13.1. The van der Waals surface area contributed by atoms with E-state index in [1.54, 1.807) is 17.7 Å². The second kappa shape index (κ2) is 8.64. The van der Waals surface area contributed by atoms with Crippen molar-refractivity contribution in [2.45, 2.75) is 25.3 Å². The zero-order chi connectivity index (χ0) is 23.2. The highest BCUT2D eigenvalue weighted by molar-refractivity contribution is 7.19. The maximum absolute atomic E-state index is 12.8. The topological polar surface area (TPSA) is 106 Å². The van der Waals surface area contributed by atoms with Crippen molar-refractivity contribution in [1.82, 2.24) is 30.1 Å². The number of urea groups is 1. The predicted octanol–water partition coefficient (Wildman–Crippen LogP) is 3.15. The van der Waals surface area contributed by atoms with Gasteiger partial charge in [0.15, 0.2) is 0 Å². The van der Waals surface area contributed by atoms with Crippen LogP contribution in [-0.4, -0.2) is 70.1 Å². The number of rotatable bonds is 3. The number of hydrogen-bond acceptors (Lipinski definition) is 8. The number of nitrogens with zero attached hydrogens (tertiary/aromatic N) is 4. The lowest BCUT2D eigenvalue weighted by Gasteiger charge is -2.34. The largest absolute Gasteiger partial charge is 0.340 e. The molecule has 4 heterocycles. The average molecular weight is 496 g/mol. The molecule has 3 N–H and O–H groups in total. The summed E-state index contributed by atoms with van der Waals surface area (Å²) < 4.78 is 0.909. The first kappa shape index (κ1) is 21.5. The lowest BCUT2D eigenvalue weighted by Crippen LogP contribution is -2.53. The molecule has 1 aliphatic heterocycles. The zero-order valence-corrected chi connectivity index (χ0v) is 20.4.